The number of carboxylic acids is 1. The lowest BCUT2D eigenvalue weighted by atomic mass is 10.1. The quantitative estimate of drug-likeness (QED) is 0.202. The zero-order chi connectivity index (χ0) is 29.4. The molecule has 13 heteroatoms. The van der Waals surface area contributed by atoms with E-state index in [0.29, 0.717) is 5.56 Å². The molecule has 13 nitrogen and oxygen atoms in total. The zero-order valence-corrected chi connectivity index (χ0v) is 21.5. The minimum Gasteiger partial charge on any atom is -0.497 e. The number of carbonyl (C=O) groups is 4. The predicted molar refractivity (Wildman–Crippen MR) is 138 cm³/mol. The number of aryl methyl sites for hydroxylation is 1. The van der Waals surface area contributed by atoms with Crippen LogP contribution >= 0.6 is 0 Å². The molecule has 0 spiro atoms. The summed E-state index contributed by atoms with van der Waals surface area (Å²) < 4.78 is 20.5. The normalized spacial score (nSPS) is 11.9. The third kappa shape index (κ3) is 7.10. The molecule has 0 aliphatic rings. The Hall–Kier alpha value is -5.46. The van der Waals surface area contributed by atoms with Gasteiger partial charge in [-0.25, -0.2) is 14.4 Å². The molecule has 0 bridgehead atoms. The highest BCUT2D eigenvalue weighted by molar-refractivity contribution is 6.02. The van der Waals surface area contributed by atoms with Crippen molar-refractivity contribution in [1.82, 2.24) is 0 Å². The van der Waals surface area contributed by atoms with Crippen molar-refractivity contribution >= 4 is 35.2 Å². The molecule has 3 aromatic carbocycles. The first-order valence-corrected chi connectivity index (χ1v) is 11.5. The molecule has 2 N–H and O–H groups in total. The van der Waals surface area contributed by atoms with Crippen LogP contribution in [0, 0.1) is 17.0 Å². The van der Waals surface area contributed by atoms with E-state index in [4.69, 9.17) is 18.9 Å². The van der Waals surface area contributed by atoms with Crippen LogP contribution in [-0.2, 0) is 19.1 Å². The molecule has 0 unspecified atom stereocenters. The lowest BCUT2D eigenvalue weighted by molar-refractivity contribution is -0.384. The number of nitro groups is 1. The Balaban J connectivity index is 1.98. The van der Waals surface area contributed by atoms with E-state index in [9.17, 15) is 34.4 Å². The number of aliphatic carboxylic acids is 1. The van der Waals surface area contributed by atoms with Gasteiger partial charge in [0, 0.05) is 12.1 Å². The van der Waals surface area contributed by atoms with E-state index in [-0.39, 0.29) is 34.0 Å². The highest BCUT2D eigenvalue weighted by Crippen LogP contribution is 2.24. The second-order valence-electron chi connectivity index (χ2n) is 8.20. The average molecular weight is 552 g/mol. The molecule has 3 rings (SSSR count). The molecular formula is C27H24N2O11. The molecule has 2 atom stereocenters. The summed E-state index contributed by atoms with van der Waals surface area (Å²) in [4.78, 5) is 61.9. The van der Waals surface area contributed by atoms with E-state index in [1.807, 2.05) is 0 Å². The number of carboxylic acid groups (broad SMARTS) is 1. The predicted octanol–water partition coefficient (Wildman–Crippen LogP) is 3.39. The Kier molecular flexibility index (Phi) is 9.36. The molecule has 0 fully saturated rings. The molecule has 3 aromatic rings. The van der Waals surface area contributed by atoms with E-state index in [1.54, 1.807) is 12.1 Å². The molecule has 0 radical (unpaired) electrons. The number of esters is 2. The molecule has 0 aliphatic carbocycles. The van der Waals surface area contributed by atoms with Crippen LogP contribution in [0.4, 0.5) is 11.4 Å². The molecule has 40 heavy (non-hydrogen) atoms. The van der Waals surface area contributed by atoms with Crippen molar-refractivity contribution in [2.45, 2.75) is 19.1 Å². The van der Waals surface area contributed by atoms with Crippen LogP contribution in [-0.4, -0.2) is 60.3 Å². The van der Waals surface area contributed by atoms with Crippen molar-refractivity contribution in [2.75, 3.05) is 19.5 Å². The third-order valence-electron chi connectivity index (χ3n) is 5.55. The molecule has 0 aromatic heterocycles. The fourth-order valence-electron chi connectivity index (χ4n) is 3.42. The molecule has 1 amide bonds. The Bertz CT molecular complexity index is 1450. The van der Waals surface area contributed by atoms with Crippen LogP contribution < -0.4 is 14.8 Å². The number of hydrogen-bond acceptors (Lipinski definition) is 10. The van der Waals surface area contributed by atoms with Crippen LogP contribution in [0.15, 0.2) is 66.7 Å². The standard InChI is InChI=1S/C27H24N2O11/c1-15-10-11-18(29(35)36)14-21(15)28-24(30)22(39-26(33)16-6-4-8-19(12-16)37-2)23(25(31)32)40-27(34)17-7-5-9-20(13-17)38-3/h4-14,22-23H,1-3H3,(H,28,30)(H,31,32)/t22-,23-/m1/s1. The van der Waals surface area contributed by atoms with E-state index in [1.165, 1.54) is 69.7 Å². The Morgan fingerprint density at radius 1 is 0.825 bits per heavy atom. The lowest BCUT2D eigenvalue weighted by Gasteiger charge is -2.24. The van der Waals surface area contributed by atoms with Gasteiger partial charge in [0.1, 0.15) is 11.5 Å². The average Bonchev–Trinajstić information content (AvgIpc) is 2.95. The Labute approximate surface area is 227 Å². The number of hydrogen-bond donors (Lipinski definition) is 2. The van der Waals surface area contributed by atoms with Gasteiger partial charge in [0.05, 0.1) is 36.0 Å². The second-order valence-corrected chi connectivity index (χ2v) is 8.20. The van der Waals surface area contributed by atoms with Gasteiger partial charge in [-0.3, -0.25) is 14.9 Å². The Morgan fingerprint density at radius 3 is 1.82 bits per heavy atom. The Morgan fingerprint density at radius 2 is 1.35 bits per heavy atom. The van der Waals surface area contributed by atoms with Crippen LogP contribution in [0.3, 0.4) is 0 Å². The number of anilines is 1. The first-order valence-electron chi connectivity index (χ1n) is 11.5. The fourth-order valence-corrected chi connectivity index (χ4v) is 3.42. The van der Waals surface area contributed by atoms with Gasteiger partial charge in [-0.05, 0) is 48.9 Å². The maximum atomic E-state index is 13.3. The van der Waals surface area contributed by atoms with Crippen molar-refractivity contribution in [1.29, 1.82) is 0 Å². The first kappa shape index (κ1) is 29.1. The van der Waals surface area contributed by atoms with Crippen LogP contribution in [0.5, 0.6) is 11.5 Å². The van der Waals surface area contributed by atoms with Gasteiger partial charge < -0.3 is 29.4 Å². The smallest absolute Gasteiger partial charge is 0.349 e. The van der Waals surface area contributed by atoms with E-state index in [0.717, 1.165) is 6.07 Å². The summed E-state index contributed by atoms with van der Waals surface area (Å²) in [5.74, 6) is -4.73. The lowest BCUT2D eigenvalue weighted by Crippen LogP contribution is -2.48. The van der Waals surface area contributed by atoms with Gasteiger partial charge in [-0.1, -0.05) is 18.2 Å². The number of non-ortho nitro benzene ring substituents is 1. The van der Waals surface area contributed by atoms with Crippen LogP contribution in [0.2, 0.25) is 0 Å². The minimum absolute atomic E-state index is 0.0510. The van der Waals surface area contributed by atoms with Gasteiger partial charge in [-0.2, -0.15) is 0 Å². The summed E-state index contributed by atoms with van der Waals surface area (Å²) in [6.07, 6.45) is -4.53. The third-order valence-corrected chi connectivity index (χ3v) is 5.55. The fraction of sp³-hybridized carbons (Fsp3) is 0.185. The molecular weight excluding hydrogens is 528 g/mol. The zero-order valence-electron chi connectivity index (χ0n) is 21.5. The number of rotatable bonds is 11. The first-order chi connectivity index (χ1) is 19.0. The summed E-state index contributed by atoms with van der Waals surface area (Å²) in [5, 5.41) is 23.4. The molecule has 0 saturated carbocycles. The van der Waals surface area contributed by atoms with E-state index in [2.05, 4.69) is 5.32 Å². The summed E-state index contributed by atoms with van der Waals surface area (Å²) in [6, 6.07) is 14.9. The van der Waals surface area contributed by atoms with Crippen LogP contribution in [0.25, 0.3) is 0 Å². The van der Waals surface area contributed by atoms with Crippen molar-refractivity contribution in [3.05, 3.63) is 93.5 Å². The molecule has 0 heterocycles. The van der Waals surface area contributed by atoms with Gasteiger partial charge in [0.25, 0.3) is 11.6 Å². The number of nitrogens with one attached hydrogen (secondary N) is 1. The number of nitrogens with zero attached hydrogens (tertiary/aromatic N) is 1. The largest absolute Gasteiger partial charge is 0.497 e. The van der Waals surface area contributed by atoms with Gasteiger partial charge >= 0.3 is 17.9 Å². The highest BCUT2D eigenvalue weighted by atomic mass is 16.6. The van der Waals surface area contributed by atoms with Gasteiger partial charge in [0.15, 0.2) is 0 Å². The van der Waals surface area contributed by atoms with Crippen molar-refractivity contribution in [2.24, 2.45) is 0 Å². The second kappa shape index (κ2) is 12.9. The maximum Gasteiger partial charge on any atom is 0.349 e. The number of amides is 1. The highest BCUT2D eigenvalue weighted by Gasteiger charge is 2.41. The molecule has 0 aliphatic heterocycles. The summed E-state index contributed by atoms with van der Waals surface area (Å²) in [5.41, 5.74) is -0.211. The number of carbonyl (C=O) groups excluding carboxylic acids is 3. The number of methoxy groups -OCH3 is 2. The summed E-state index contributed by atoms with van der Waals surface area (Å²) in [7, 11) is 2.72. The van der Waals surface area contributed by atoms with Crippen molar-refractivity contribution in [3.63, 3.8) is 0 Å². The van der Waals surface area contributed by atoms with Gasteiger partial charge in [0.2, 0.25) is 12.2 Å². The number of ether oxygens (including phenoxy) is 4. The molecule has 208 valence electrons. The van der Waals surface area contributed by atoms with Gasteiger partial charge in [-0.15, -0.1) is 0 Å². The number of nitro benzene ring substituents is 1. The summed E-state index contributed by atoms with van der Waals surface area (Å²) >= 11 is 0. The molecule has 0 saturated heterocycles. The topological polar surface area (TPSA) is 181 Å². The SMILES string of the molecule is COc1cccc(C(=O)O[C@@H](C(=O)O)[C@@H](OC(=O)c2cccc(OC)c2)C(=O)Nc2cc([N+](=O)[O-])ccc2C)c1. The monoisotopic (exact) mass is 552 g/mol. The maximum absolute atomic E-state index is 13.3. The van der Waals surface area contributed by atoms with E-state index >= 15 is 0 Å². The van der Waals surface area contributed by atoms with Crippen molar-refractivity contribution in [3.8, 4) is 11.5 Å². The van der Waals surface area contributed by atoms with Crippen LogP contribution in [0.1, 0.15) is 26.3 Å². The summed E-state index contributed by atoms with van der Waals surface area (Å²) in [6.45, 7) is 1.54. The van der Waals surface area contributed by atoms with Crippen molar-refractivity contribution < 1.29 is 48.2 Å². The number of benzene rings is 3. The van der Waals surface area contributed by atoms with E-state index < -0.39 is 40.9 Å². The minimum atomic E-state index is -2.31.